The molecule has 118 valence electrons. The van der Waals surface area contributed by atoms with Gasteiger partial charge in [0.1, 0.15) is 0 Å². The quantitative estimate of drug-likeness (QED) is 0.813. The van der Waals surface area contributed by atoms with Gasteiger partial charge in [0.15, 0.2) is 0 Å². The van der Waals surface area contributed by atoms with Crippen molar-refractivity contribution >= 4 is 15.7 Å². The number of rotatable bonds is 5. The Balaban J connectivity index is 2.45. The second-order valence-electron chi connectivity index (χ2n) is 5.84. The standard InChI is InChI=1S/C15H24N2O3S/c1-4-11-8-13(16)12(5-2)14(9-11)21(18,19)17-15(3)6-7-20-10-15/h8-9,17H,4-7,10,16H2,1-3H3. The number of hydrogen-bond donors (Lipinski definition) is 2. The van der Waals surface area contributed by atoms with Gasteiger partial charge in [-0.3, -0.25) is 0 Å². The van der Waals surface area contributed by atoms with Gasteiger partial charge in [0, 0.05) is 12.3 Å². The number of nitrogens with two attached hydrogens (primary N) is 1. The maximum atomic E-state index is 12.8. The van der Waals surface area contributed by atoms with Crippen LogP contribution in [0.25, 0.3) is 0 Å². The van der Waals surface area contributed by atoms with E-state index >= 15 is 0 Å². The maximum Gasteiger partial charge on any atom is 0.241 e. The van der Waals surface area contributed by atoms with Crippen molar-refractivity contribution in [2.75, 3.05) is 18.9 Å². The first-order valence-electron chi connectivity index (χ1n) is 7.34. The van der Waals surface area contributed by atoms with Crippen LogP contribution in [-0.2, 0) is 27.6 Å². The van der Waals surface area contributed by atoms with Crippen LogP contribution in [-0.4, -0.2) is 27.2 Å². The van der Waals surface area contributed by atoms with Gasteiger partial charge in [0.05, 0.1) is 17.0 Å². The minimum atomic E-state index is -3.61. The first-order chi connectivity index (χ1) is 9.81. The van der Waals surface area contributed by atoms with E-state index in [1.165, 1.54) is 0 Å². The molecule has 1 aliphatic heterocycles. The van der Waals surface area contributed by atoms with E-state index in [4.69, 9.17) is 10.5 Å². The summed E-state index contributed by atoms with van der Waals surface area (Å²) in [6, 6.07) is 3.59. The van der Waals surface area contributed by atoms with Gasteiger partial charge < -0.3 is 10.5 Å². The molecule has 1 aromatic rings. The molecule has 1 saturated heterocycles. The summed E-state index contributed by atoms with van der Waals surface area (Å²) in [7, 11) is -3.61. The zero-order chi connectivity index (χ0) is 15.7. The SMILES string of the molecule is CCc1cc(N)c(CC)c(S(=O)(=O)NC2(C)CCOC2)c1. The molecule has 0 saturated carbocycles. The molecule has 0 bridgehead atoms. The van der Waals surface area contributed by atoms with Crippen LogP contribution in [0, 0.1) is 0 Å². The Kier molecular flexibility index (Phi) is 4.60. The van der Waals surface area contributed by atoms with Crippen LogP contribution in [0.3, 0.4) is 0 Å². The van der Waals surface area contributed by atoms with E-state index in [2.05, 4.69) is 4.72 Å². The van der Waals surface area contributed by atoms with E-state index in [9.17, 15) is 8.42 Å². The first kappa shape index (κ1) is 16.3. The van der Waals surface area contributed by atoms with E-state index in [-0.39, 0.29) is 0 Å². The normalized spacial score (nSPS) is 22.6. The molecule has 0 aliphatic carbocycles. The van der Waals surface area contributed by atoms with Gasteiger partial charge in [-0.15, -0.1) is 0 Å². The van der Waals surface area contributed by atoms with Crippen LogP contribution in [0.1, 0.15) is 38.3 Å². The van der Waals surface area contributed by atoms with Crippen molar-refractivity contribution in [3.8, 4) is 0 Å². The van der Waals surface area contributed by atoms with E-state index in [1.807, 2.05) is 26.8 Å². The summed E-state index contributed by atoms with van der Waals surface area (Å²) in [6.45, 7) is 6.75. The summed E-state index contributed by atoms with van der Waals surface area (Å²) >= 11 is 0. The van der Waals surface area contributed by atoms with Crippen molar-refractivity contribution < 1.29 is 13.2 Å². The molecule has 6 heteroatoms. The van der Waals surface area contributed by atoms with Crippen LogP contribution in [0.5, 0.6) is 0 Å². The largest absolute Gasteiger partial charge is 0.398 e. The lowest BCUT2D eigenvalue weighted by molar-refractivity contribution is 0.178. The highest BCUT2D eigenvalue weighted by atomic mass is 32.2. The van der Waals surface area contributed by atoms with E-state index < -0.39 is 15.6 Å². The Bertz CT molecular complexity index is 620. The number of ether oxygens (including phenoxy) is 1. The Morgan fingerprint density at radius 3 is 2.57 bits per heavy atom. The van der Waals surface area contributed by atoms with E-state index in [1.54, 1.807) is 6.07 Å². The maximum absolute atomic E-state index is 12.8. The highest BCUT2D eigenvalue weighted by Crippen LogP contribution is 2.28. The number of nitrogen functional groups attached to an aromatic ring is 1. The molecular formula is C15H24N2O3S. The van der Waals surface area contributed by atoms with E-state index in [0.717, 1.165) is 12.0 Å². The third-order valence-electron chi connectivity index (χ3n) is 3.95. The first-order valence-corrected chi connectivity index (χ1v) is 8.82. The number of hydrogen-bond acceptors (Lipinski definition) is 4. The predicted molar refractivity (Wildman–Crippen MR) is 83.8 cm³/mol. The summed E-state index contributed by atoms with van der Waals surface area (Å²) in [5.74, 6) is 0. The fourth-order valence-electron chi connectivity index (χ4n) is 2.68. The van der Waals surface area contributed by atoms with Crippen LogP contribution in [0.15, 0.2) is 17.0 Å². The van der Waals surface area contributed by atoms with Crippen LogP contribution >= 0.6 is 0 Å². The topological polar surface area (TPSA) is 81.4 Å². The van der Waals surface area contributed by atoms with Crippen LogP contribution in [0.2, 0.25) is 0 Å². The minimum absolute atomic E-state index is 0.301. The number of nitrogens with one attached hydrogen (secondary N) is 1. The highest BCUT2D eigenvalue weighted by molar-refractivity contribution is 7.89. The summed E-state index contributed by atoms with van der Waals surface area (Å²) in [6.07, 6.45) is 2.01. The molecule has 0 spiro atoms. The average molecular weight is 312 g/mol. The average Bonchev–Trinajstić information content (AvgIpc) is 2.83. The zero-order valence-electron chi connectivity index (χ0n) is 12.9. The van der Waals surface area contributed by atoms with Gasteiger partial charge in [-0.1, -0.05) is 13.8 Å². The summed E-state index contributed by atoms with van der Waals surface area (Å²) < 4.78 is 33.7. The molecule has 5 nitrogen and oxygen atoms in total. The number of sulfonamides is 1. The van der Waals surface area contributed by atoms with Crippen molar-refractivity contribution in [2.24, 2.45) is 0 Å². The number of benzene rings is 1. The zero-order valence-corrected chi connectivity index (χ0v) is 13.7. The van der Waals surface area contributed by atoms with Crippen LogP contribution < -0.4 is 10.5 Å². The second-order valence-corrected chi connectivity index (χ2v) is 7.49. The molecule has 1 heterocycles. The third kappa shape index (κ3) is 3.39. The molecule has 1 aromatic carbocycles. The fraction of sp³-hybridized carbons (Fsp3) is 0.600. The molecule has 3 N–H and O–H groups in total. The van der Waals surface area contributed by atoms with E-state index in [0.29, 0.717) is 42.2 Å². The van der Waals surface area contributed by atoms with Crippen molar-refractivity contribution in [3.63, 3.8) is 0 Å². The fourth-order valence-corrected chi connectivity index (χ4v) is 4.49. The van der Waals surface area contributed by atoms with Crippen molar-refractivity contribution in [1.29, 1.82) is 0 Å². The molecule has 21 heavy (non-hydrogen) atoms. The molecule has 2 rings (SSSR count). The van der Waals surface area contributed by atoms with Crippen molar-refractivity contribution in [1.82, 2.24) is 4.72 Å². The lowest BCUT2D eigenvalue weighted by atomic mass is 10.0. The van der Waals surface area contributed by atoms with Gasteiger partial charge in [-0.25, -0.2) is 13.1 Å². The molecule has 1 aliphatic rings. The van der Waals surface area contributed by atoms with Crippen molar-refractivity contribution in [3.05, 3.63) is 23.3 Å². The summed E-state index contributed by atoms with van der Waals surface area (Å²) in [5.41, 5.74) is 7.65. The highest BCUT2D eigenvalue weighted by Gasteiger charge is 2.35. The Morgan fingerprint density at radius 2 is 2.05 bits per heavy atom. The molecule has 1 atom stereocenters. The molecule has 0 amide bonds. The Morgan fingerprint density at radius 1 is 1.33 bits per heavy atom. The molecule has 1 unspecified atom stereocenters. The van der Waals surface area contributed by atoms with Gasteiger partial charge in [0.25, 0.3) is 0 Å². The second kappa shape index (κ2) is 5.94. The van der Waals surface area contributed by atoms with Gasteiger partial charge >= 0.3 is 0 Å². The molecule has 0 radical (unpaired) electrons. The lowest BCUT2D eigenvalue weighted by Crippen LogP contribution is -2.46. The lowest BCUT2D eigenvalue weighted by Gasteiger charge is -2.24. The van der Waals surface area contributed by atoms with Crippen LogP contribution in [0.4, 0.5) is 5.69 Å². The number of aryl methyl sites for hydroxylation is 1. The third-order valence-corrected chi connectivity index (χ3v) is 5.66. The minimum Gasteiger partial charge on any atom is -0.398 e. The molecular weight excluding hydrogens is 288 g/mol. The van der Waals surface area contributed by atoms with Crippen molar-refractivity contribution in [2.45, 2.75) is 50.5 Å². The Labute approximate surface area is 126 Å². The summed E-state index contributed by atoms with van der Waals surface area (Å²) in [4.78, 5) is 0.301. The predicted octanol–water partition coefficient (Wildman–Crippen LogP) is 1.85. The summed E-state index contributed by atoms with van der Waals surface area (Å²) in [5, 5.41) is 0. The monoisotopic (exact) mass is 312 g/mol. The number of anilines is 1. The molecule has 1 fully saturated rings. The van der Waals surface area contributed by atoms with Gasteiger partial charge in [-0.2, -0.15) is 0 Å². The van der Waals surface area contributed by atoms with Gasteiger partial charge in [0.2, 0.25) is 10.0 Å². The van der Waals surface area contributed by atoms with Gasteiger partial charge in [-0.05, 0) is 49.4 Å². The molecule has 0 aromatic heterocycles. The smallest absolute Gasteiger partial charge is 0.241 e. The Hall–Kier alpha value is -1.11.